The molecule has 26 heavy (non-hydrogen) atoms. The largest absolute Gasteiger partial charge is 0.386 e. The van der Waals surface area contributed by atoms with Gasteiger partial charge in [0, 0.05) is 30.9 Å². The number of aliphatic hydroxyl groups excluding tert-OH is 1. The van der Waals surface area contributed by atoms with E-state index in [-0.39, 0.29) is 0 Å². The van der Waals surface area contributed by atoms with E-state index >= 15 is 0 Å². The lowest BCUT2D eigenvalue weighted by atomic mass is 10.1. The summed E-state index contributed by atoms with van der Waals surface area (Å²) in [6, 6.07) is 8.23. The van der Waals surface area contributed by atoms with Crippen molar-refractivity contribution in [2.75, 3.05) is 0 Å². The first-order chi connectivity index (χ1) is 12.6. The van der Waals surface area contributed by atoms with Gasteiger partial charge in [-0.2, -0.15) is 5.10 Å². The highest BCUT2D eigenvalue weighted by molar-refractivity contribution is 5.65. The van der Waals surface area contributed by atoms with E-state index in [1.807, 2.05) is 32.2 Å². The molecular formula is C19H18N6O. The van der Waals surface area contributed by atoms with Gasteiger partial charge in [-0.1, -0.05) is 24.3 Å². The SMILES string of the molecule is Cc1ncc(C)n2nc(CC(O)c3cn4c(n3)-c3ccccc3C4)nc12. The smallest absolute Gasteiger partial charge is 0.177 e. The van der Waals surface area contributed by atoms with Gasteiger partial charge in [0.1, 0.15) is 11.9 Å². The predicted molar refractivity (Wildman–Crippen MR) is 95.7 cm³/mol. The van der Waals surface area contributed by atoms with E-state index in [0.717, 1.165) is 35.0 Å². The summed E-state index contributed by atoms with van der Waals surface area (Å²) in [5.41, 5.74) is 5.51. The van der Waals surface area contributed by atoms with E-state index in [9.17, 15) is 5.11 Å². The van der Waals surface area contributed by atoms with Gasteiger partial charge in [-0.25, -0.2) is 14.5 Å². The third-order valence-corrected chi connectivity index (χ3v) is 4.87. The van der Waals surface area contributed by atoms with Gasteiger partial charge < -0.3 is 9.67 Å². The maximum atomic E-state index is 10.7. The number of aliphatic hydroxyl groups is 1. The minimum atomic E-state index is -0.744. The van der Waals surface area contributed by atoms with Crippen LogP contribution in [0, 0.1) is 13.8 Å². The lowest BCUT2D eigenvalue weighted by molar-refractivity contribution is 0.171. The van der Waals surface area contributed by atoms with Crippen LogP contribution in [0.2, 0.25) is 0 Å². The molecule has 7 heteroatoms. The fourth-order valence-electron chi connectivity index (χ4n) is 3.49. The second kappa shape index (κ2) is 5.47. The van der Waals surface area contributed by atoms with E-state index in [0.29, 0.717) is 17.9 Å². The number of rotatable bonds is 3. The van der Waals surface area contributed by atoms with Crippen LogP contribution < -0.4 is 0 Å². The Labute approximate surface area is 150 Å². The number of aryl methyl sites for hydroxylation is 2. The van der Waals surface area contributed by atoms with Gasteiger partial charge in [-0.05, 0) is 19.4 Å². The number of hydrogen-bond donors (Lipinski definition) is 1. The molecule has 4 heterocycles. The van der Waals surface area contributed by atoms with Gasteiger partial charge in [0.05, 0.1) is 17.1 Å². The van der Waals surface area contributed by atoms with Crippen molar-refractivity contribution in [3.63, 3.8) is 0 Å². The van der Waals surface area contributed by atoms with Crippen LogP contribution in [0.15, 0.2) is 36.7 Å². The third kappa shape index (κ3) is 2.24. The van der Waals surface area contributed by atoms with Crippen LogP contribution in [0.3, 0.4) is 0 Å². The molecule has 0 amide bonds. The molecular weight excluding hydrogens is 328 g/mol. The molecule has 4 aromatic rings. The molecule has 1 atom stereocenters. The molecule has 0 spiro atoms. The van der Waals surface area contributed by atoms with Crippen LogP contribution in [-0.2, 0) is 13.0 Å². The molecule has 1 N–H and O–H groups in total. The lowest BCUT2D eigenvalue weighted by Gasteiger charge is -2.05. The number of hydrogen-bond acceptors (Lipinski definition) is 5. The van der Waals surface area contributed by atoms with Gasteiger partial charge in [0.2, 0.25) is 0 Å². The Morgan fingerprint density at radius 2 is 2.04 bits per heavy atom. The van der Waals surface area contributed by atoms with Gasteiger partial charge in [0.15, 0.2) is 11.5 Å². The molecule has 0 aliphatic carbocycles. The summed E-state index contributed by atoms with van der Waals surface area (Å²) in [6.45, 7) is 4.63. The van der Waals surface area contributed by atoms with Crippen LogP contribution in [0.5, 0.6) is 0 Å². The van der Waals surface area contributed by atoms with Gasteiger partial charge >= 0.3 is 0 Å². The molecule has 0 bridgehead atoms. The molecule has 130 valence electrons. The van der Waals surface area contributed by atoms with Crippen LogP contribution in [0.25, 0.3) is 17.0 Å². The average Bonchev–Trinajstić information content (AvgIpc) is 3.30. The molecule has 5 rings (SSSR count). The summed E-state index contributed by atoms with van der Waals surface area (Å²) < 4.78 is 3.85. The van der Waals surface area contributed by atoms with Crippen LogP contribution >= 0.6 is 0 Å². The van der Waals surface area contributed by atoms with E-state index in [2.05, 4.69) is 36.8 Å². The number of fused-ring (bicyclic) bond motifs is 4. The van der Waals surface area contributed by atoms with Crippen molar-refractivity contribution in [1.82, 2.24) is 29.1 Å². The summed E-state index contributed by atoms with van der Waals surface area (Å²) in [5.74, 6) is 1.50. The Morgan fingerprint density at radius 1 is 1.19 bits per heavy atom. The first-order valence-corrected chi connectivity index (χ1v) is 8.61. The second-order valence-electron chi connectivity index (χ2n) is 6.74. The molecule has 1 aliphatic rings. The zero-order valence-corrected chi connectivity index (χ0v) is 14.6. The van der Waals surface area contributed by atoms with Crippen LogP contribution in [0.1, 0.15) is 34.6 Å². The Hall–Kier alpha value is -3.06. The van der Waals surface area contributed by atoms with E-state index < -0.39 is 6.10 Å². The predicted octanol–water partition coefficient (Wildman–Crippen LogP) is 2.24. The fourth-order valence-corrected chi connectivity index (χ4v) is 3.49. The molecule has 0 fully saturated rings. The summed E-state index contributed by atoms with van der Waals surface area (Å²) >= 11 is 0. The summed E-state index contributed by atoms with van der Waals surface area (Å²) in [4.78, 5) is 13.5. The molecule has 1 aromatic carbocycles. The highest BCUT2D eigenvalue weighted by Crippen LogP contribution is 2.32. The zero-order valence-electron chi connectivity index (χ0n) is 14.6. The normalized spacial score (nSPS) is 13.8. The zero-order chi connectivity index (χ0) is 17.8. The van der Waals surface area contributed by atoms with Crippen molar-refractivity contribution in [2.45, 2.75) is 32.9 Å². The number of nitrogens with zero attached hydrogens (tertiary/aromatic N) is 6. The number of aromatic nitrogens is 6. The van der Waals surface area contributed by atoms with Crippen LogP contribution in [-0.4, -0.2) is 34.2 Å². The Balaban J connectivity index is 1.45. The Morgan fingerprint density at radius 3 is 2.88 bits per heavy atom. The summed E-state index contributed by atoms with van der Waals surface area (Å²) in [5, 5.41) is 15.2. The van der Waals surface area contributed by atoms with E-state index in [1.54, 1.807) is 10.7 Å². The van der Waals surface area contributed by atoms with Gasteiger partial charge in [-0.15, -0.1) is 0 Å². The molecule has 0 radical (unpaired) electrons. The fraction of sp³-hybridized carbons (Fsp3) is 0.263. The van der Waals surface area contributed by atoms with Crippen molar-refractivity contribution >= 4 is 5.65 Å². The maximum absolute atomic E-state index is 10.7. The molecule has 1 unspecified atom stereocenters. The van der Waals surface area contributed by atoms with Crippen molar-refractivity contribution < 1.29 is 5.11 Å². The number of benzene rings is 1. The van der Waals surface area contributed by atoms with Crippen LogP contribution in [0.4, 0.5) is 0 Å². The van der Waals surface area contributed by atoms with E-state index in [1.165, 1.54) is 5.56 Å². The summed E-state index contributed by atoms with van der Waals surface area (Å²) in [6.07, 6.45) is 3.27. The molecule has 1 aliphatic heterocycles. The molecule has 7 nitrogen and oxygen atoms in total. The van der Waals surface area contributed by atoms with Crippen molar-refractivity contribution in [3.8, 4) is 11.4 Å². The monoisotopic (exact) mass is 346 g/mol. The first kappa shape index (κ1) is 15.2. The average molecular weight is 346 g/mol. The Bertz CT molecular complexity index is 1100. The Kier molecular flexibility index (Phi) is 3.20. The van der Waals surface area contributed by atoms with Crippen molar-refractivity contribution in [3.05, 3.63) is 65.1 Å². The minimum absolute atomic E-state index is 0.318. The quantitative estimate of drug-likeness (QED) is 0.542. The topological polar surface area (TPSA) is 81.1 Å². The molecule has 3 aromatic heterocycles. The molecule has 0 saturated carbocycles. The highest BCUT2D eigenvalue weighted by Gasteiger charge is 2.24. The second-order valence-corrected chi connectivity index (χ2v) is 6.74. The maximum Gasteiger partial charge on any atom is 0.177 e. The minimum Gasteiger partial charge on any atom is -0.386 e. The lowest BCUT2D eigenvalue weighted by Crippen LogP contribution is -2.05. The number of imidazole rings is 1. The van der Waals surface area contributed by atoms with Crippen molar-refractivity contribution in [1.29, 1.82) is 0 Å². The molecule has 0 saturated heterocycles. The van der Waals surface area contributed by atoms with Gasteiger partial charge in [-0.3, -0.25) is 4.98 Å². The first-order valence-electron chi connectivity index (χ1n) is 8.61. The third-order valence-electron chi connectivity index (χ3n) is 4.87. The van der Waals surface area contributed by atoms with E-state index in [4.69, 9.17) is 0 Å². The standard InChI is InChI=1S/C19H18N6O/c1-11-8-20-12(2)18-22-17(23-25(11)18)7-16(26)15-10-24-9-13-5-3-4-6-14(13)19(24)21-15/h3-6,8,10,16,26H,7,9H2,1-2H3. The van der Waals surface area contributed by atoms with Crippen molar-refractivity contribution in [2.24, 2.45) is 0 Å². The summed E-state index contributed by atoms with van der Waals surface area (Å²) in [7, 11) is 0. The van der Waals surface area contributed by atoms with Gasteiger partial charge in [0.25, 0.3) is 0 Å². The highest BCUT2D eigenvalue weighted by atomic mass is 16.3.